The molecule has 3 N–H and O–H groups in total. The van der Waals surface area contributed by atoms with Gasteiger partial charge in [0.15, 0.2) is 11.0 Å². The number of aliphatic hydroxyl groups excluding tert-OH is 1. The monoisotopic (exact) mass is 535 g/mol. The number of nitrogens with one attached hydrogen (secondary N) is 2. The molecule has 3 aromatic rings. The van der Waals surface area contributed by atoms with Crippen LogP contribution >= 0.6 is 35.0 Å². The molecule has 1 atom stereocenters. The number of nitrogens with zero attached hydrogens (tertiary/aromatic N) is 3. The van der Waals surface area contributed by atoms with Crippen LogP contribution in [0.1, 0.15) is 22.2 Å². The molecular formula is C23H23Cl2N5O4S. The molecule has 2 amide bonds. The van der Waals surface area contributed by atoms with E-state index in [1.165, 1.54) is 13.2 Å². The van der Waals surface area contributed by atoms with Crippen LogP contribution in [0.15, 0.2) is 60.3 Å². The number of allylic oxidation sites excluding steroid dienone is 1. The Bertz CT molecular complexity index is 1200. The van der Waals surface area contributed by atoms with Gasteiger partial charge in [0.2, 0.25) is 5.91 Å². The van der Waals surface area contributed by atoms with E-state index < -0.39 is 18.6 Å². The molecule has 1 heterocycles. The number of thioether (sulfide) groups is 1. The maximum absolute atomic E-state index is 12.7. The fourth-order valence-corrected chi connectivity index (χ4v) is 4.26. The molecule has 2 aromatic carbocycles. The van der Waals surface area contributed by atoms with Crippen molar-refractivity contribution in [2.24, 2.45) is 0 Å². The van der Waals surface area contributed by atoms with Gasteiger partial charge >= 0.3 is 0 Å². The van der Waals surface area contributed by atoms with E-state index in [2.05, 4.69) is 27.4 Å². The Balaban J connectivity index is 1.70. The van der Waals surface area contributed by atoms with Gasteiger partial charge in [-0.25, -0.2) is 0 Å². The van der Waals surface area contributed by atoms with Gasteiger partial charge in [0, 0.05) is 17.1 Å². The third-order valence-corrected chi connectivity index (χ3v) is 6.26. The number of aromatic nitrogens is 3. The van der Waals surface area contributed by atoms with E-state index in [1.807, 2.05) is 0 Å². The summed E-state index contributed by atoms with van der Waals surface area (Å²) in [5.74, 6) is 0.276. The number of aliphatic hydroxyl groups is 1. The molecule has 0 fully saturated rings. The van der Waals surface area contributed by atoms with E-state index in [-0.39, 0.29) is 11.7 Å². The third kappa shape index (κ3) is 6.98. The zero-order valence-electron chi connectivity index (χ0n) is 18.7. The van der Waals surface area contributed by atoms with Crippen molar-refractivity contribution in [2.45, 2.75) is 17.7 Å². The van der Waals surface area contributed by atoms with Gasteiger partial charge in [-0.3, -0.25) is 9.59 Å². The van der Waals surface area contributed by atoms with Gasteiger partial charge in [0.05, 0.1) is 30.2 Å². The second kappa shape index (κ2) is 12.6. The summed E-state index contributed by atoms with van der Waals surface area (Å²) < 4.78 is 6.78. The van der Waals surface area contributed by atoms with Gasteiger partial charge in [-0.1, -0.05) is 41.0 Å². The Morgan fingerprint density at radius 3 is 2.60 bits per heavy atom. The molecule has 0 aliphatic carbocycles. The van der Waals surface area contributed by atoms with Crippen LogP contribution in [-0.4, -0.2) is 51.2 Å². The molecule has 0 spiro atoms. The van der Waals surface area contributed by atoms with Crippen molar-refractivity contribution >= 4 is 52.5 Å². The molecule has 9 nitrogen and oxygen atoms in total. The molecule has 0 saturated carbocycles. The van der Waals surface area contributed by atoms with E-state index in [9.17, 15) is 14.7 Å². The topological polar surface area (TPSA) is 118 Å². The maximum atomic E-state index is 12.7. The summed E-state index contributed by atoms with van der Waals surface area (Å²) in [4.78, 5) is 25.1. The molecule has 0 aliphatic heterocycles. The standard InChI is InChI=1S/C23H23Cl2N5O4S/c1-3-10-30-21(19(12-31)27-22(33)14-4-7-16(34-2)8-5-14)28-29-23(30)35-13-20(32)26-18-9-6-15(24)11-17(18)25/h3-9,11,19,31H,1,10,12-13H2,2H3,(H,26,32)(H,27,33). The average molecular weight is 536 g/mol. The van der Waals surface area contributed by atoms with Crippen molar-refractivity contribution in [3.63, 3.8) is 0 Å². The Labute approximate surface area is 216 Å². The highest BCUT2D eigenvalue weighted by molar-refractivity contribution is 7.99. The lowest BCUT2D eigenvalue weighted by molar-refractivity contribution is -0.113. The van der Waals surface area contributed by atoms with Gasteiger partial charge in [-0.2, -0.15) is 0 Å². The number of halogens is 2. The Kier molecular flexibility index (Phi) is 9.55. The lowest BCUT2D eigenvalue weighted by atomic mass is 10.2. The predicted molar refractivity (Wildman–Crippen MR) is 136 cm³/mol. The van der Waals surface area contributed by atoms with E-state index in [4.69, 9.17) is 27.9 Å². The molecule has 0 saturated heterocycles. The van der Waals surface area contributed by atoms with E-state index in [0.29, 0.717) is 44.6 Å². The fourth-order valence-electron chi connectivity index (χ4n) is 3.05. The lowest BCUT2D eigenvalue weighted by Crippen LogP contribution is -2.33. The number of rotatable bonds is 11. The maximum Gasteiger partial charge on any atom is 0.251 e. The van der Waals surface area contributed by atoms with Crippen molar-refractivity contribution in [2.75, 3.05) is 24.8 Å². The largest absolute Gasteiger partial charge is 0.497 e. The van der Waals surface area contributed by atoms with E-state index in [1.54, 1.807) is 47.0 Å². The van der Waals surface area contributed by atoms with Crippen molar-refractivity contribution in [3.05, 3.63) is 76.6 Å². The first-order valence-electron chi connectivity index (χ1n) is 10.3. The van der Waals surface area contributed by atoms with Crippen LogP contribution in [0.5, 0.6) is 5.75 Å². The predicted octanol–water partition coefficient (Wildman–Crippen LogP) is 3.97. The summed E-state index contributed by atoms with van der Waals surface area (Å²) in [6.07, 6.45) is 1.63. The number of anilines is 1. The van der Waals surface area contributed by atoms with Gasteiger partial charge in [-0.05, 0) is 42.5 Å². The highest BCUT2D eigenvalue weighted by atomic mass is 35.5. The summed E-state index contributed by atoms with van der Waals surface area (Å²) in [6.45, 7) is 3.65. The van der Waals surface area contributed by atoms with E-state index >= 15 is 0 Å². The number of hydrogen-bond donors (Lipinski definition) is 3. The van der Waals surface area contributed by atoms with Crippen LogP contribution in [0.2, 0.25) is 10.0 Å². The first kappa shape index (κ1) is 26.6. The lowest BCUT2D eigenvalue weighted by Gasteiger charge is -2.17. The third-order valence-electron chi connectivity index (χ3n) is 4.75. The number of carbonyl (C=O) groups is 2. The second-order valence-corrected chi connectivity index (χ2v) is 8.92. The number of benzene rings is 2. The average Bonchev–Trinajstić information content (AvgIpc) is 3.25. The van der Waals surface area contributed by atoms with Gasteiger partial charge in [-0.15, -0.1) is 16.8 Å². The van der Waals surface area contributed by atoms with Crippen molar-refractivity contribution in [1.82, 2.24) is 20.1 Å². The normalized spacial score (nSPS) is 11.5. The smallest absolute Gasteiger partial charge is 0.251 e. The van der Waals surface area contributed by atoms with Crippen LogP contribution in [0.4, 0.5) is 5.69 Å². The second-order valence-electron chi connectivity index (χ2n) is 7.14. The van der Waals surface area contributed by atoms with Crippen molar-refractivity contribution in [1.29, 1.82) is 0 Å². The first-order valence-corrected chi connectivity index (χ1v) is 12.1. The SMILES string of the molecule is C=CCn1c(SCC(=O)Nc2ccc(Cl)cc2Cl)nnc1C(CO)NC(=O)c1ccc(OC)cc1. The Morgan fingerprint density at radius 1 is 1.23 bits per heavy atom. The Morgan fingerprint density at radius 2 is 1.97 bits per heavy atom. The summed E-state index contributed by atoms with van der Waals surface area (Å²) in [5.41, 5.74) is 0.836. The molecule has 0 bridgehead atoms. The minimum atomic E-state index is -0.826. The summed E-state index contributed by atoms with van der Waals surface area (Å²) in [7, 11) is 1.54. The fraction of sp³-hybridized carbons (Fsp3) is 0.217. The van der Waals surface area contributed by atoms with Crippen LogP contribution in [0.25, 0.3) is 0 Å². The van der Waals surface area contributed by atoms with Gasteiger partial charge in [0.25, 0.3) is 5.91 Å². The van der Waals surface area contributed by atoms with Crippen molar-refractivity contribution < 1.29 is 19.4 Å². The van der Waals surface area contributed by atoms with Crippen LogP contribution in [0, 0.1) is 0 Å². The molecular weight excluding hydrogens is 513 g/mol. The zero-order chi connectivity index (χ0) is 25.4. The number of amides is 2. The summed E-state index contributed by atoms with van der Waals surface area (Å²) >= 11 is 13.1. The number of hydrogen-bond acceptors (Lipinski definition) is 7. The highest BCUT2D eigenvalue weighted by Gasteiger charge is 2.23. The minimum absolute atomic E-state index is 0.0240. The number of carbonyl (C=O) groups excluding carboxylic acids is 2. The quantitative estimate of drug-likeness (QED) is 0.251. The Hall–Kier alpha value is -3.05. The molecule has 1 unspecified atom stereocenters. The molecule has 0 aliphatic rings. The van der Waals surface area contributed by atoms with E-state index in [0.717, 1.165) is 11.8 Å². The summed E-state index contributed by atoms with van der Waals surface area (Å²) in [6, 6.07) is 10.5. The van der Waals surface area contributed by atoms with Crippen LogP contribution in [0.3, 0.4) is 0 Å². The number of ether oxygens (including phenoxy) is 1. The molecule has 1 aromatic heterocycles. The van der Waals surface area contributed by atoms with Crippen LogP contribution in [-0.2, 0) is 11.3 Å². The number of methoxy groups -OCH3 is 1. The minimum Gasteiger partial charge on any atom is -0.497 e. The molecule has 184 valence electrons. The van der Waals surface area contributed by atoms with Gasteiger partial charge in [0.1, 0.15) is 11.8 Å². The molecule has 3 rings (SSSR count). The van der Waals surface area contributed by atoms with Gasteiger partial charge < -0.3 is 25.0 Å². The molecule has 35 heavy (non-hydrogen) atoms. The molecule has 12 heteroatoms. The zero-order valence-corrected chi connectivity index (χ0v) is 21.0. The van der Waals surface area contributed by atoms with Crippen LogP contribution < -0.4 is 15.4 Å². The highest BCUT2D eigenvalue weighted by Crippen LogP contribution is 2.26. The van der Waals surface area contributed by atoms with Crippen molar-refractivity contribution in [3.8, 4) is 5.75 Å². The molecule has 0 radical (unpaired) electrons. The summed E-state index contributed by atoms with van der Waals surface area (Å²) in [5, 5.41) is 24.9. The first-order chi connectivity index (χ1) is 16.9.